The van der Waals surface area contributed by atoms with Crippen LogP contribution in [0.1, 0.15) is 61.6 Å². The van der Waals surface area contributed by atoms with Crippen LogP contribution in [0, 0.1) is 0 Å². The van der Waals surface area contributed by atoms with E-state index in [1.165, 1.54) is 0 Å². The van der Waals surface area contributed by atoms with E-state index in [4.69, 9.17) is 0 Å². The molecule has 0 unspecified atom stereocenters. The number of carbonyl (C=O) groups excluding carboxylic acids is 1. The number of carbonyl (C=O) groups is 1. The fraction of sp³-hybridized carbons (Fsp3) is 0.312. The zero-order valence-electron chi connectivity index (χ0n) is 22.7. The van der Waals surface area contributed by atoms with Crippen molar-refractivity contribution in [2.24, 2.45) is 0 Å². The van der Waals surface area contributed by atoms with E-state index in [-0.39, 0.29) is 30.0 Å². The van der Waals surface area contributed by atoms with Gasteiger partial charge in [0.1, 0.15) is 0 Å². The molecule has 8 nitrogen and oxygen atoms in total. The third-order valence-electron chi connectivity index (χ3n) is 7.79. The minimum atomic E-state index is -0.992. The monoisotopic (exact) mass is 535 g/mol. The van der Waals surface area contributed by atoms with E-state index in [1.54, 1.807) is 18.5 Å². The van der Waals surface area contributed by atoms with Gasteiger partial charge in [0.2, 0.25) is 0 Å². The molecule has 0 spiro atoms. The molecule has 8 heteroatoms. The molecule has 3 aromatic carbocycles. The average molecular weight is 536 g/mol. The van der Waals surface area contributed by atoms with Crippen molar-refractivity contribution in [2.45, 2.75) is 63.6 Å². The van der Waals surface area contributed by atoms with Gasteiger partial charge in [-0.05, 0) is 68.9 Å². The second-order valence-corrected chi connectivity index (χ2v) is 11.4. The Morgan fingerprint density at radius 1 is 0.950 bits per heavy atom. The van der Waals surface area contributed by atoms with Gasteiger partial charge < -0.3 is 10.4 Å². The number of aromatic amines is 1. The van der Waals surface area contributed by atoms with E-state index in [2.05, 4.69) is 20.6 Å². The molecule has 0 atom stereocenters. The Hall–Kier alpha value is -4.30. The highest BCUT2D eigenvalue weighted by Crippen LogP contribution is 2.35. The van der Waals surface area contributed by atoms with E-state index < -0.39 is 5.60 Å². The number of nitrogens with zero attached hydrogens (tertiary/aromatic N) is 3. The van der Waals surface area contributed by atoms with E-state index in [1.807, 2.05) is 72.8 Å². The van der Waals surface area contributed by atoms with Gasteiger partial charge in [-0.1, -0.05) is 54.6 Å². The highest BCUT2D eigenvalue weighted by atomic mass is 16.3. The van der Waals surface area contributed by atoms with E-state index in [9.17, 15) is 14.7 Å². The van der Waals surface area contributed by atoms with Crippen LogP contribution >= 0.6 is 0 Å². The summed E-state index contributed by atoms with van der Waals surface area (Å²) in [6.45, 7) is 3.74. The van der Waals surface area contributed by atoms with E-state index >= 15 is 0 Å². The van der Waals surface area contributed by atoms with Crippen molar-refractivity contribution in [2.75, 3.05) is 0 Å². The molecule has 0 aliphatic heterocycles. The third-order valence-corrected chi connectivity index (χ3v) is 7.79. The Labute approximate surface area is 232 Å². The van der Waals surface area contributed by atoms with Crippen molar-refractivity contribution in [3.05, 3.63) is 94.5 Å². The molecule has 2 aromatic heterocycles. The molecule has 1 aliphatic rings. The molecule has 3 N–H and O–H groups in total. The lowest BCUT2D eigenvalue weighted by atomic mass is 9.82. The van der Waals surface area contributed by atoms with Crippen LogP contribution in [-0.4, -0.2) is 42.6 Å². The Balaban J connectivity index is 1.22. The predicted molar refractivity (Wildman–Crippen MR) is 156 cm³/mol. The maximum Gasteiger partial charge on any atom is 0.272 e. The molecule has 40 heavy (non-hydrogen) atoms. The number of nitrogens with one attached hydrogen (secondary N) is 2. The SMILES string of the molecule is CC(C)(O)Cn1nc(C(=O)NC2CCC(c3n[nH]c(=O)c4ccccc34)CC2)c2ccc(-c3ccccc3)cc21. The van der Waals surface area contributed by atoms with Crippen molar-refractivity contribution in [3.8, 4) is 11.1 Å². The highest BCUT2D eigenvalue weighted by molar-refractivity contribution is 6.05. The molecule has 0 saturated heterocycles. The highest BCUT2D eigenvalue weighted by Gasteiger charge is 2.28. The van der Waals surface area contributed by atoms with Crippen LogP contribution in [0.2, 0.25) is 0 Å². The van der Waals surface area contributed by atoms with Crippen LogP contribution in [0.4, 0.5) is 0 Å². The Morgan fingerprint density at radius 2 is 1.65 bits per heavy atom. The molecule has 204 valence electrons. The maximum absolute atomic E-state index is 13.5. The Bertz CT molecular complexity index is 1740. The summed E-state index contributed by atoms with van der Waals surface area (Å²) in [4.78, 5) is 25.7. The average Bonchev–Trinajstić information content (AvgIpc) is 3.31. The van der Waals surface area contributed by atoms with Crippen LogP contribution in [0.3, 0.4) is 0 Å². The van der Waals surface area contributed by atoms with Crippen LogP contribution < -0.4 is 10.9 Å². The molecule has 5 aromatic rings. The van der Waals surface area contributed by atoms with Crippen molar-refractivity contribution in [1.29, 1.82) is 0 Å². The van der Waals surface area contributed by atoms with Gasteiger partial charge in [0.15, 0.2) is 5.69 Å². The minimum Gasteiger partial charge on any atom is -0.389 e. The molecule has 2 heterocycles. The molecular weight excluding hydrogens is 502 g/mol. The fourth-order valence-corrected chi connectivity index (χ4v) is 5.85. The molecule has 6 rings (SSSR count). The van der Waals surface area contributed by atoms with Crippen LogP contribution in [0.5, 0.6) is 0 Å². The van der Waals surface area contributed by atoms with E-state index in [0.29, 0.717) is 11.1 Å². The first-order valence-electron chi connectivity index (χ1n) is 13.8. The van der Waals surface area contributed by atoms with Gasteiger partial charge in [0, 0.05) is 22.7 Å². The molecule has 1 amide bonds. The summed E-state index contributed by atoms with van der Waals surface area (Å²) in [5, 5.41) is 27.8. The molecule has 1 saturated carbocycles. The standard InChI is InChI=1S/C32H33N5O3/c1-32(2,40)19-37-27-18-22(20-8-4-3-5-9-20)14-17-26(27)29(36-37)31(39)33-23-15-12-21(13-16-23)28-24-10-6-7-11-25(24)30(38)35-34-28/h3-11,14,17-18,21,23,40H,12-13,15-16,19H2,1-2H3,(H,33,39)(H,35,38). The lowest BCUT2D eigenvalue weighted by Crippen LogP contribution is -2.38. The van der Waals surface area contributed by atoms with Crippen molar-refractivity contribution < 1.29 is 9.90 Å². The van der Waals surface area contributed by atoms with Crippen LogP contribution in [-0.2, 0) is 6.54 Å². The fourth-order valence-electron chi connectivity index (χ4n) is 5.85. The summed E-state index contributed by atoms with van der Waals surface area (Å²) in [5.41, 5.74) is 3.04. The largest absolute Gasteiger partial charge is 0.389 e. The van der Waals surface area contributed by atoms with Crippen molar-refractivity contribution >= 4 is 27.6 Å². The summed E-state index contributed by atoms with van der Waals surface area (Å²) in [7, 11) is 0. The molecular formula is C32H33N5O3. The quantitative estimate of drug-likeness (QED) is 0.278. The second-order valence-electron chi connectivity index (χ2n) is 11.4. The Kier molecular flexibility index (Phi) is 6.72. The number of aromatic nitrogens is 4. The van der Waals surface area contributed by atoms with Gasteiger partial charge in [-0.2, -0.15) is 10.2 Å². The molecule has 1 fully saturated rings. The van der Waals surface area contributed by atoms with Gasteiger partial charge in [-0.3, -0.25) is 14.3 Å². The summed E-state index contributed by atoms with van der Waals surface area (Å²) in [6, 6.07) is 23.7. The Morgan fingerprint density at radius 3 is 2.38 bits per heavy atom. The summed E-state index contributed by atoms with van der Waals surface area (Å²) >= 11 is 0. The van der Waals surface area contributed by atoms with Gasteiger partial charge in [-0.25, -0.2) is 5.10 Å². The summed E-state index contributed by atoms with van der Waals surface area (Å²) < 4.78 is 1.74. The van der Waals surface area contributed by atoms with Gasteiger partial charge >= 0.3 is 0 Å². The lowest BCUT2D eigenvalue weighted by molar-refractivity contribution is 0.0587. The zero-order chi connectivity index (χ0) is 27.9. The number of fused-ring (bicyclic) bond motifs is 2. The van der Waals surface area contributed by atoms with Crippen molar-refractivity contribution in [1.82, 2.24) is 25.3 Å². The van der Waals surface area contributed by atoms with E-state index in [0.717, 1.165) is 58.8 Å². The molecule has 1 aliphatic carbocycles. The zero-order valence-corrected chi connectivity index (χ0v) is 22.7. The number of hydrogen-bond donors (Lipinski definition) is 3. The number of benzene rings is 3. The number of H-pyrrole nitrogens is 1. The number of rotatable bonds is 6. The first kappa shape index (κ1) is 26.0. The second kappa shape index (κ2) is 10.4. The molecule has 0 bridgehead atoms. The van der Waals surface area contributed by atoms with Crippen LogP contribution in [0.15, 0.2) is 77.6 Å². The first-order valence-corrected chi connectivity index (χ1v) is 13.8. The third kappa shape index (κ3) is 5.14. The number of amides is 1. The predicted octanol–water partition coefficient (Wildman–Crippen LogP) is 5.17. The first-order chi connectivity index (χ1) is 19.3. The summed E-state index contributed by atoms with van der Waals surface area (Å²) in [6.07, 6.45) is 3.35. The topological polar surface area (TPSA) is 113 Å². The lowest BCUT2D eigenvalue weighted by Gasteiger charge is -2.29. The summed E-state index contributed by atoms with van der Waals surface area (Å²) in [5.74, 6) is 0.0150. The number of aliphatic hydroxyl groups is 1. The number of hydrogen-bond acceptors (Lipinski definition) is 5. The molecule has 0 radical (unpaired) electrons. The minimum absolute atomic E-state index is 0.0239. The van der Waals surface area contributed by atoms with Crippen molar-refractivity contribution in [3.63, 3.8) is 0 Å². The van der Waals surface area contributed by atoms with Crippen LogP contribution in [0.25, 0.3) is 32.8 Å². The normalized spacial score (nSPS) is 17.8. The van der Waals surface area contributed by atoms with Gasteiger partial charge in [0.05, 0.1) is 28.7 Å². The maximum atomic E-state index is 13.5. The smallest absolute Gasteiger partial charge is 0.272 e. The van der Waals surface area contributed by atoms with Gasteiger partial charge in [-0.15, -0.1) is 0 Å². The van der Waals surface area contributed by atoms with Gasteiger partial charge in [0.25, 0.3) is 11.5 Å².